The molecule has 2 amide bonds. The minimum atomic E-state index is -1.19. The molecule has 0 unspecified atom stereocenters. The number of phenols is 1. The van der Waals surface area contributed by atoms with Crippen LogP contribution in [0.4, 0.5) is 10.5 Å². The molecular weight excluding hydrogens is 260 g/mol. The highest BCUT2D eigenvalue weighted by Crippen LogP contribution is 2.25. The van der Waals surface area contributed by atoms with Gasteiger partial charge in [-0.2, -0.15) is 0 Å². The van der Waals surface area contributed by atoms with Crippen LogP contribution in [-0.2, 0) is 0 Å². The number of phenolic OH excluding ortho intramolecular Hbond substituents is 1. The molecule has 108 valence electrons. The van der Waals surface area contributed by atoms with Gasteiger partial charge in [0.25, 0.3) is 0 Å². The summed E-state index contributed by atoms with van der Waals surface area (Å²) in [7, 11) is 1.71. The normalized spacial score (nSPS) is 15.1. The van der Waals surface area contributed by atoms with Crippen molar-refractivity contribution >= 4 is 17.7 Å². The summed E-state index contributed by atoms with van der Waals surface area (Å²) >= 11 is 0. The van der Waals surface area contributed by atoms with Crippen LogP contribution >= 0.6 is 0 Å². The third-order valence-electron chi connectivity index (χ3n) is 3.67. The molecule has 20 heavy (non-hydrogen) atoms. The summed E-state index contributed by atoms with van der Waals surface area (Å²) in [5.41, 5.74) is 0.0586. The Bertz CT molecular complexity index is 524. The van der Waals surface area contributed by atoms with E-state index in [9.17, 15) is 14.7 Å². The van der Waals surface area contributed by atoms with E-state index in [1.54, 1.807) is 11.9 Å². The van der Waals surface area contributed by atoms with Gasteiger partial charge in [-0.25, -0.2) is 9.59 Å². The molecule has 1 aliphatic carbocycles. The van der Waals surface area contributed by atoms with Crippen LogP contribution in [-0.4, -0.2) is 40.2 Å². The molecule has 1 aromatic rings. The van der Waals surface area contributed by atoms with Gasteiger partial charge in [-0.3, -0.25) is 0 Å². The van der Waals surface area contributed by atoms with Crippen LogP contribution in [0.1, 0.15) is 36.0 Å². The molecule has 1 fully saturated rings. The highest BCUT2D eigenvalue weighted by molar-refractivity contribution is 6.00. The smallest absolute Gasteiger partial charge is 0.337 e. The number of nitrogens with zero attached hydrogens (tertiary/aromatic N) is 1. The van der Waals surface area contributed by atoms with Crippen molar-refractivity contribution in [3.8, 4) is 5.75 Å². The minimum Gasteiger partial charge on any atom is -0.508 e. The average molecular weight is 278 g/mol. The molecule has 1 aromatic carbocycles. The minimum absolute atomic E-state index is 0.127. The first kappa shape index (κ1) is 14.2. The molecule has 1 saturated carbocycles. The first-order chi connectivity index (χ1) is 9.49. The lowest BCUT2D eigenvalue weighted by Crippen LogP contribution is -2.38. The first-order valence-electron chi connectivity index (χ1n) is 6.59. The number of hydrogen-bond donors (Lipinski definition) is 3. The summed E-state index contributed by atoms with van der Waals surface area (Å²) in [6, 6.07) is 3.73. The van der Waals surface area contributed by atoms with Gasteiger partial charge in [0.1, 0.15) is 5.75 Å². The van der Waals surface area contributed by atoms with Gasteiger partial charge in [0.15, 0.2) is 0 Å². The number of nitrogens with one attached hydrogen (secondary N) is 1. The lowest BCUT2D eigenvalue weighted by Gasteiger charge is -2.24. The van der Waals surface area contributed by atoms with Crippen molar-refractivity contribution < 1.29 is 19.8 Å². The van der Waals surface area contributed by atoms with Crippen molar-refractivity contribution in [2.75, 3.05) is 12.4 Å². The summed E-state index contributed by atoms with van der Waals surface area (Å²) in [5, 5.41) is 21.0. The summed E-state index contributed by atoms with van der Waals surface area (Å²) in [4.78, 5) is 24.8. The van der Waals surface area contributed by atoms with Crippen molar-refractivity contribution in [2.24, 2.45) is 0 Å². The Balaban J connectivity index is 2.12. The van der Waals surface area contributed by atoms with Gasteiger partial charge in [-0.15, -0.1) is 0 Å². The number of carboxylic acids is 1. The number of anilines is 1. The molecule has 0 radical (unpaired) electrons. The maximum absolute atomic E-state index is 12.1. The lowest BCUT2D eigenvalue weighted by atomic mass is 10.1. The quantitative estimate of drug-likeness (QED) is 0.741. The van der Waals surface area contributed by atoms with Crippen LogP contribution < -0.4 is 5.32 Å². The van der Waals surface area contributed by atoms with Crippen LogP contribution in [0.3, 0.4) is 0 Å². The van der Waals surface area contributed by atoms with Gasteiger partial charge < -0.3 is 20.4 Å². The van der Waals surface area contributed by atoms with Crippen molar-refractivity contribution in [3.63, 3.8) is 0 Å². The maximum Gasteiger partial charge on any atom is 0.337 e. The van der Waals surface area contributed by atoms with Gasteiger partial charge in [-0.1, -0.05) is 12.8 Å². The van der Waals surface area contributed by atoms with Crippen LogP contribution in [0.15, 0.2) is 18.2 Å². The molecule has 0 atom stereocenters. The molecular formula is C14H18N2O4. The Labute approximate surface area is 117 Å². The Morgan fingerprint density at radius 2 is 1.95 bits per heavy atom. The molecule has 3 N–H and O–H groups in total. The van der Waals surface area contributed by atoms with E-state index < -0.39 is 5.97 Å². The van der Waals surface area contributed by atoms with Gasteiger partial charge in [-0.05, 0) is 31.0 Å². The highest BCUT2D eigenvalue weighted by Gasteiger charge is 2.24. The number of carbonyl (C=O) groups excluding carboxylic acids is 1. The lowest BCUT2D eigenvalue weighted by molar-refractivity contribution is 0.0697. The molecule has 0 bridgehead atoms. The van der Waals surface area contributed by atoms with E-state index in [2.05, 4.69) is 5.32 Å². The summed E-state index contributed by atoms with van der Waals surface area (Å²) < 4.78 is 0. The number of carboxylic acid groups (broad SMARTS) is 1. The third-order valence-corrected chi connectivity index (χ3v) is 3.67. The van der Waals surface area contributed by atoms with Crippen molar-refractivity contribution in [3.05, 3.63) is 23.8 Å². The fraction of sp³-hybridized carbons (Fsp3) is 0.429. The van der Waals surface area contributed by atoms with Gasteiger partial charge in [0, 0.05) is 13.1 Å². The molecule has 2 rings (SSSR count). The Hall–Kier alpha value is -2.24. The van der Waals surface area contributed by atoms with Crippen molar-refractivity contribution in [1.82, 2.24) is 4.90 Å². The number of rotatable bonds is 3. The summed E-state index contributed by atoms with van der Waals surface area (Å²) in [5.74, 6) is -1.34. The predicted molar refractivity (Wildman–Crippen MR) is 74.1 cm³/mol. The zero-order chi connectivity index (χ0) is 14.7. The van der Waals surface area contributed by atoms with E-state index in [1.165, 1.54) is 12.1 Å². The number of amides is 2. The fourth-order valence-electron chi connectivity index (χ4n) is 2.48. The fourth-order valence-corrected chi connectivity index (χ4v) is 2.48. The van der Waals surface area contributed by atoms with E-state index >= 15 is 0 Å². The molecule has 0 heterocycles. The Kier molecular flexibility index (Phi) is 4.12. The van der Waals surface area contributed by atoms with E-state index in [4.69, 9.17) is 5.11 Å². The molecule has 0 saturated heterocycles. The van der Waals surface area contributed by atoms with Crippen molar-refractivity contribution in [2.45, 2.75) is 31.7 Å². The van der Waals surface area contributed by atoms with Crippen LogP contribution in [0.2, 0.25) is 0 Å². The standard InChI is InChI=1S/C14H18N2O4/c1-16(9-4-2-3-5-9)14(20)15-12-7-6-10(17)8-11(12)13(18)19/h6-9,17H,2-5H2,1H3,(H,15,20)(H,18,19). The number of aromatic carboxylic acids is 1. The van der Waals surface area contributed by atoms with Crippen molar-refractivity contribution in [1.29, 1.82) is 0 Å². The molecule has 1 aliphatic rings. The highest BCUT2D eigenvalue weighted by atomic mass is 16.4. The topological polar surface area (TPSA) is 89.9 Å². The van der Waals surface area contributed by atoms with Crippen LogP contribution in [0.5, 0.6) is 5.75 Å². The zero-order valence-electron chi connectivity index (χ0n) is 11.3. The summed E-state index contributed by atoms with van der Waals surface area (Å²) in [6.45, 7) is 0. The second-order valence-corrected chi connectivity index (χ2v) is 5.01. The second kappa shape index (κ2) is 5.81. The molecule has 6 heteroatoms. The monoisotopic (exact) mass is 278 g/mol. The number of benzene rings is 1. The largest absolute Gasteiger partial charge is 0.508 e. The first-order valence-corrected chi connectivity index (χ1v) is 6.59. The zero-order valence-corrected chi connectivity index (χ0v) is 11.3. The SMILES string of the molecule is CN(C(=O)Nc1ccc(O)cc1C(=O)O)C1CCCC1. The van der Waals surface area contributed by atoms with Gasteiger partial charge >= 0.3 is 12.0 Å². The second-order valence-electron chi connectivity index (χ2n) is 5.01. The third kappa shape index (κ3) is 3.01. The number of aromatic hydroxyl groups is 1. The van der Waals surface area contributed by atoms with Crippen LogP contribution in [0.25, 0.3) is 0 Å². The molecule has 0 aliphatic heterocycles. The predicted octanol–water partition coefficient (Wildman–Crippen LogP) is 2.50. The van der Waals surface area contributed by atoms with E-state index in [-0.39, 0.29) is 29.1 Å². The molecule has 0 spiro atoms. The number of hydrogen-bond acceptors (Lipinski definition) is 3. The Morgan fingerprint density at radius 3 is 2.55 bits per heavy atom. The number of carbonyl (C=O) groups is 2. The number of urea groups is 1. The average Bonchev–Trinajstić information content (AvgIpc) is 2.93. The van der Waals surface area contributed by atoms with Crippen LogP contribution in [0, 0.1) is 0 Å². The van der Waals surface area contributed by atoms with Gasteiger partial charge in [0.2, 0.25) is 0 Å². The van der Waals surface area contributed by atoms with E-state index in [1.807, 2.05) is 0 Å². The molecule has 6 nitrogen and oxygen atoms in total. The molecule has 0 aromatic heterocycles. The Morgan fingerprint density at radius 1 is 1.30 bits per heavy atom. The van der Waals surface area contributed by atoms with Gasteiger partial charge in [0.05, 0.1) is 11.3 Å². The van der Waals surface area contributed by atoms with E-state index in [0.29, 0.717) is 0 Å². The summed E-state index contributed by atoms with van der Waals surface area (Å²) in [6.07, 6.45) is 4.18. The maximum atomic E-state index is 12.1. The van der Waals surface area contributed by atoms with E-state index in [0.717, 1.165) is 31.7 Å².